The molecule has 1 amide bonds. The highest BCUT2D eigenvalue weighted by molar-refractivity contribution is 5.80. The van der Waals surface area contributed by atoms with Gasteiger partial charge in [-0.15, -0.1) is 0 Å². The number of hydrogen-bond acceptors (Lipinski definition) is 3. The fraction of sp³-hybridized carbons (Fsp3) is 0.875. The normalized spacial score (nSPS) is 20.2. The summed E-state index contributed by atoms with van der Waals surface area (Å²) in [7, 11) is 0. The van der Waals surface area contributed by atoms with E-state index in [0.29, 0.717) is 26.4 Å². The number of ether oxygens (including phenoxy) is 1. The lowest BCUT2D eigenvalue weighted by molar-refractivity contribution is -0.129. The maximum atomic E-state index is 11.2. The van der Waals surface area contributed by atoms with Crippen molar-refractivity contribution >= 4 is 5.91 Å². The Bertz CT molecular complexity index is 161. The second-order valence-electron chi connectivity index (χ2n) is 2.96. The third kappa shape index (κ3) is 2.19. The smallest absolute Gasteiger partial charge is 0.237 e. The maximum absolute atomic E-state index is 11.2. The lowest BCUT2D eigenvalue weighted by Crippen LogP contribution is -2.38. The molecule has 1 aliphatic rings. The summed E-state index contributed by atoms with van der Waals surface area (Å²) >= 11 is 0. The van der Waals surface area contributed by atoms with Gasteiger partial charge < -0.3 is 9.64 Å². The molecule has 1 saturated heterocycles. The van der Waals surface area contributed by atoms with E-state index in [0.717, 1.165) is 0 Å². The Labute approximate surface area is 72.9 Å². The predicted molar refractivity (Wildman–Crippen MR) is 45.7 cm³/mol. The summed E-state index contributed by atoms with van der Waals surface area (Å²) in [6, 6.07) is 0.187. The van der Waals surface area contributed by atoms with E-state index in [4.69, 9.17) is 4.74 Å². The second-order valence-corrected chi connectivity index (χ2v) is 2.96. The summed E-state index contributed by atoms with van der Waals surface area (Å²) in [6.45, 7) is 6.42. The summed E-state index contributed by atoms with van der Waals surface area (Å²) in [5.74, 6) is 0.169. The molecule has 1 heterocycles. The van der Waals surface area contributed by atoms with Crippen LogP contribution in [0.15, 0.2) is 0 Å². The predicted octanol–water partition coefficient (Wildman–Crippen LogP) is -0.199. The van der Waals surface area contributed by atoms with Crippen molar-refractivity contribution in [3.63, 3.8) is 0 Å². The number of nitrogens with one attached hydrogen (secondary N) is 1. The first kappa shape index (κ1) is 9.48. The monoisotopic (exact) mass is 172 g/mol. The number of rotatable bonds is 4. The Kier molecular flexibility index (Phi) is 3.49. The van der Waals surface area contributed by atoms with Crippen molar-refractivity contribution in [3.8, 4) is 0 Å². The minimum Gasteiger partial charge on any atom is -0.380 e. The molecule has 4 heteroatoms. The number of amides is 1. The minimum atomic E-state index is 0.169. The van der Waals surface area contributed by atoms with Gasteiger partial charge in [0.25, 0.3) is 0 Å². The van der Waals surface area contributed by atoms with Gasteiger partial charge in [-0.2, -0.15) is 0 Å². The third-order valence-corrected chi connectivity index (χ3v) is 1.97. The van der Waals surface area contributed by atoms with Crippen LogP contribution in [0.5, 0.6) is 0 Å². The molecule has 0 saturated carbocycles. The van der Waals surface area contributed by atoms with E-state index in [-0.39, 0.29) is 11.9 Å². The van der Waals surface area contributed by atoms with Crippen LogP contribution in [0.2, 0.25) is 0 Å². The van der Waals surface area contributed by atoms with Gasteiger partial charge in [0, 0.05) is 6.61 Å². The van der Waals surface area contributed by atoms with Crippen LogP contribution in [-0.2, 0) is 9.53 Å². The Morgan fingerprint density at radius 2 is 2.50 bits per heavy atom. The Balaban J connectivity index is 2.30. The van der Waals surface area contributed by atoms with Gasteiger partial charge in [-0.3, -0.25) is 10.1 Å². The van der Waals surface area contributed by atoms with Crippen LogP contribution in [0.1, 0.15) is 13.8 Å². The van der Waals surface area contributed by atoms with Crippen LogP contribution < -0.4 is 5.32 Å². The van der Waals surface area contributed by atoms with E-state index in [1.165, 1.54) is 0 Å². The third-order valence-electron chi connectivity index (χ3n) is 1.97. The van der Waals surface area contributed by atoms with Crippen LogP contribution in [0.25, 0.3) is 0 Å². The zero-order chi connectivity index (χ0) is 8.97. The number of carbonyl (C=O) groups is 1. The SMILES string of the molecule is CCOCC(C)N1CNCC1=O. The van der Waals surface area contributed by atoms with Gasteiger partial charge in [-0.1, -0.05) is 0 Å². The van der Waals surface area contributed by atoms with E-state index < -0.39 is 0 Å². The molecule has 0 aromatic heterocycles. The van der Waals surface area contributed by atoms with Crippen LogP contribution in [-0.4, -0.2) is 43.3 Å². The number of nitrogens with zero attached hydrogens (tertiary/aromatic N) is 1. The molecule has 1 aliphatic heterocycles. The largest absolute Gasteiger partial charge is 0.380 e. The Hall–Kier alpha value is -0.610. The molecule has 1 N–H and O–H groups in total. The zero-order valence-corrected chi connectivity index (χ0v) is 7.67. The summed E-state index contributed by atoms with van der Waals surface area (Å²) in [5, 5.41) is 3.00. The summed E-state index contributed by atoms with van der Waals surface area (Å²) in [5.41, 5.74) is 0. The van der Waals surface area contributed by atoms with E-state index in [1.54, 1.807) is 4.90 Å². The summed E-state index contributed by atoms with van der Waals surface area (Å²) < 4.78 is 5.23. The highest BCUT2D eigenvalue weighted by atomic mass is 16.5. The average Bonchev–Trinajstić information content (AvgIpc) is 2.47. The van der Waals surface area contributed by atoms with Gasteiger partial charge in [0.05, 0.1) is 25.9 Å². The van der Waals surface area contributed by atoms with Gasteiger partial charge in [0.2, 0.25) is 5.91 Å². The first-order chi connectivity index (χ1) is 5.75. The molecule has 70 valence electrons. The van der Waals surface area contributed by atoms with Gasteiger partial charge in [-0.25, -0.2) is 0 Å². The highest BCUT2D eigenvalue weighted by Gasteiger charge is 2.24. The fourth-order valence-electron chi connectivity index (χ4n) is 1.25. The molecule has 12 heavy (non-hydrogen) atoms. The van der Waals surface area contributed by atoms with E-state index in [2.05, 4.69) is 5.32 Å². The zero-order valence-electron chi connectivity index (χ0n) is 7.67. The fourth-order valence-corrected chi connectivity index (χ4v) is 1.25. The molecule has 0 aliphatic carbocycles. The van der Waals surface area contributed by atoms with Crippen LogP contribution in [0.4, 0.5) is 0 Å². The lowest BCUT2D eigenvalue weighted by atomic mass is 10.3. The van der Waals surface area contributed by atoms with Gasteiger partial charge in [0.15, 0.2) is 0 Å². The second kappa shape index (κ2) is 4.42. The van der Waals surface area contributed by atoms with Crippen molar-refractivity contribution < 1.29 is 9.53 Å². The molecule has 0 bridgehead atoms. The van der Waals surface area contributed by atoms with Crippen LogP contribution >= 0.6 is 0 Å². The highest BCUT2D eigenvalue weighted by Crippen LogP contribution is 2.02. The van der Waals surface area contributed by atoms with Crippen molar-refractivity contribution in [2.24, 2.45) is 0 Å². The van der Waals surface area contributed by atoms with E-state index in [9.17, 15) is 4.79 Å². The molecule has 1 atom stereocenters. The quantitative estimate of drug-likeness (QED) is 0.638. The molecule has 0 aromatic carbocycles. The molecule has 1 unspecified atom stereocenters. The van der Waals surface area contributed by atoms with E-state index in [1.807, 2.05) is 13.8 Å². The van der Waals surface area contributed by atoms with Gasteiger partial charge in [-0.05, 0) is 13.8 Å². The van der Waals surface area contributed by atoms with Crippen LogP contribution in [0.3, 0.4) is 0 Å². The first-order valence-electron chi connectivity index (χ1n) is 4.33. The van der Waals surface area contributed by atoms with Crippen LogP contribution in [0, 0.1) is 0 Å². The topological polar surface area (TPSA) is 41.6 Å². The molecule has 0 spiro atoms. The van der Waals surface area contributed by atoms with Crippen molar-refractivity contribution in [3.05, 3.63) is 0 Å². The average molecular weight is 172 g/mol. The standard InChI is InChI=1S/C8H16N2O2/c1-3-12-5-7(2)10-6-9-4-8(10)11/h7,9H,3-6H2,1-2H3. The number of hydrogen-bond donors (Lipinski definition) is 1. The summed E-state index contributed by atoms with van der Waals surface area (Å²) in [4.78, 5) is 13.0. The molecular weight excluding hydrogens is 156 g/mol. The maximum Gasteiger partial charge on any atom is 0.237 e. The molecule has 0 aromatic rings. The van der Waals surface area contributed by atoms with E-state index >= 15 is 0 Å². The number of carbonyl (C=O) groups excluding carboxylic acids is 1. The first-order valence-corrected chi connectivity index (χ1v) is 4.33. The van der Waals surface area contributed by atoms with Crippen molar-refractivity contribution in [2.45, 2.75) is 19.9 Å². The molecule has 1 fully saturated rings. The molecular formula is C8H16N2O2. The van der Waals surface area contributed by atoms with Gasteiger partial charge >= 0.3 is 0 Å². The Morgan fingerprint density at radius 3 is 3.00 bits per heavy atom. The lowest BCUT2D eigenvalue weighted by Gasteiger charge is -2.22. The van der Waals surface area contributed by atoms with Crippen molar-refractivity contribution in [1.82, 2.24) is 10.2 Å². The Morgan fingerprint density at radius 1 is 1.75 bits per heavy atom. The minimum absolute atomic E-state index is 0.169. The van der Waals surface area contributed by atoms with Crippen molar-refractivity contribution in [2.75, 3.05) is 26.4 Å². The van der Waals surface area contributed by atoms with Crippen molar-refractivity contribution in [1.29, 1.82) is 0 Å². The molecule has 4 nitrogen and oxygen atoms in total. The summed E-state index contributed by atoms with van der Waals surface area (Å²) in [6.07, 6.45) is 0. The molecule has 0 radical (unpaired) electrons. The molecule has 1 rings (SSSR count). The van der Waals surface area contributed by atoms with Gasteiger partial charge in [0.1, 0.15) is 0 Å².